The van der Waals surface area contributed by atoms with Crippen LogP contribution in [0.4, 0.5) is 18.0 Å². The highest BCUT2D eigenvalue weighted by molar-refractivity contribution is 6.30. The second-order valence-corrected chi connectivity index (χ2v) is 6.16. The van der Waals surface area contributed by atoms with Crippen LogP contribution in [0.1, 0.15) is 18.5 Å². The number of nitrogens with one attached hydrogen (secondary N) is 1. The molecule has 3 atom stereocenters. The molecule has 2 N–H and O–H groups in total. The summed E-state index contributed by atoms with van der Waals surface area (Å²) in [6.07, 6.45) is -4.67. The third-order valence-electron chi connectivity index (χ3n) is 4.05. The molecule has 0 radical (unpaired) electrons. The van der Waals surface area contributed by atoms with Crippen LogP contribution in [-0.4, -0.2) is 41.3 Å². The van der Waals surface area contributed by atoms with Crippen molar-refractivity contribution in [1.82, 2.24) is 10.2 Å². The molecule has 0 saturated carbocycles. The highest BCUT2D eigenvalue weighted by Gasteiger charge is 2.53. The second kappa shape index (κ2) is 6.88. The number of hydrogen-bond acceptors (Lipinski definition) is 2. The first-order valence-corrected chi connectivity index (χ1v) is 7.58. The van der Waals surface area contributed by atoms with Crippen molar-refractivity contribution in [3.8, 4) is 0 Å². The minimum Gasteiger partial charge on any atom is -0.481 e. The number of aliphatic carboxylic acids is 1. The van der Waals surface area contributed by atoms with Crippen molar-refractivity contribution in [2.24, 2.45) is 11.8 Å². The zero-order valence-corrected chi connectivity index (χ0v) is 13.4. The summed E-state index contributed by atoms with van der Waals surface area (Å²) in [6.45, 7) is 0.533. The van der Waals surface area contributed by atoms with Gasteiger partial charge < -0.3 is 15.3 Å². The van der Waals surface area contributed by atoms with Crippen LogP contribution in [-0.2, 0) is 4.79 Å². The van der Waals surface area contributed by atoms with Gasteiger partial charge in [-0.25, -0.2) is 4.79 Å². The molecule has 9 heteroatoms. The van der Waals surface area contributed by atoms with E-state index in [2.05, 4.69) is 5.32 Å². The summed E-state index contributed by atoms with van der Waals surface area (Å²) in [7, 11) is 0. The minimum atomic E-state index is -4.67. The number of carboxylic acid groups (broad SMARTS) is 1. The van der Waals surface area contributed by atoms with Gasteiger partial charge in [-0.3, -0.25) is 4.79 Å². The van der Waals surface area contributed by atoms with E-state index in [0.717, 1.165) is 10.5 Å². The lowest BCUT2D eigenvalue weighted by Gasteiger charge is -2.21. The fourth-order valence-corrected chi connectivity index (χ4v) is 2.79. The summed E-state index contributed by atoms with van der Waals surface area (Å²) in [5.74, 6) is -5.27. The van der Waals surface area contributed by atoms with Crippen LogP contribution < -0.4 is 5.32 Å². The molecule has 0 unspecified atom stereocenters. The maximum atomic E-state index is 12.9. The van der Waals surface area contributed by atoms with Gasteiger partial charge in [0.25, 0.3) is 0 Å². The van der Waals surface area contributed by atoms with E-state index in [1.165, 1.54) is 0 Å². The summed E-state index contributed by atoms with van der Waals surface area (Å²) >= 11 is 5.77. The van der Waals surface area contributed by atoms with Crippen molar-refractivity contribution in [1.29, 1.82) is 0 Å². The van der Waals surface area contributed by atoms with Gasteiger partial charge in [-0.2, -0.15) is 13.2 Å². The van der Waals surface area contributed by atoms with Crippen LogP contribution in [0.2, 0.25) is 5.02 Å². The number of carbonyl (C=O) groups is 2. The Bertz CT molecular complexity index is 621. The van der Waals surface area contributed by atoms with Gasteiger partial charge in [0.2, 0.25) is 0 Å². The van der Waals surface area contributed by atoms with E-state index in [1.54, 1.807) is 31.2 Å². The third kappa shape index (κ3) is 4.11. The molecule has 0 aliphatic carbocycles. The number of nitrogens with zero attached hydrogens (tertiary/aromatic N) is 1. The van der Waals surface area contributed by atoms with E-state index in [9.17, 15) is 22.8 Å². The number of likely N-dealkylation sites (tertiary alicyclic amines) is 1. The molecule has 1 fully saturated rings. The monoisotopic (exact) mass is 364 g/mol. The van der Waals surface area contributed by atoms with Gasteiger partial charge in [0.1, 0.15) is 0 Å². The van der Waals surface area contributed by atoms with E-state index >= 15 is 0 Å². The van der Waals surface area contributed by atoms with Crippen molar-refractivity contribution >= 4 is 23.6 Å². The normalized spacial score (nSPS) is 22.3. The van der Waals surface area contributed by atoms with Gasteiger partial charge in [-0.1, -0.05) is 23.7 Å². The topological polar surface area (TPSA) is 69.6 Å². The number of alkyl halides is 3. The summed E-state index contributed by atoms with van der Waals surface area (Å²) < 4.78 is 38.8. The van der Waals surface area contributed by atoms with Gasteiger partial charge in [0, 0.05) is 18.1 Å². The molecular formula is C15H16ClF3N2O3. The van der Waals surface area contributed by atoms with Crippen LogP contribution in [0.5, 0.6) is 0 Å². The second-order valence-electron chi connectivity index (χ2n) is 5.72. The molecule has 5 nitrogen and oxygen atoms in total. The number of carboxylic acids is 1. The molecule has 1 aliphatic heterocycles. The standard InChI is InChI=1S/C15H16ClF3N2O3/c1-8(9-2-4-10(16)5-3-9)20-14(24)21-6-11(13(22)23)12(7-21)15(17,18)19/h2-5,8,11-12H,6-7H2,1H3,(H,20,24)(H,22,23)/t8-,11+,12+/m0/s1. The van der Waals surface area contributed by atoms with Gasteiger partial charge >= 0.3 is 18.2 Å². The predicted molar refractivity (Wildman–Crippen MR) is 80.6 cm³/mol. The lowest BCUT2D eigenvalue weighted by Crippen LogP contribution is -2.40. The van der Waals surface area contributed by atoms with E-state index < -0.39 is 49.1 Å². The zero-order chi connectivity index (χ0) is 18.1. The molecule has 0 spiro atoms. The average Bonchev–Trinajstić information content (AvgIpc) is 2.93. The van der Waals surface area contributed by atoms with Crippen molar-refractivity contribution in [3.05, 3.63) is 34.9 Å². The first-order chi connectivity index (χ1) is 11.1. The number of carbonyl (C=O) groups excluding carboxylic acids is 1. The lowest BCUT2D eigenvalue weighted by molar-refractivity contribution is -0.187. The largest absolute Gasteiger partial charge is 0.481 e. The molecule has 0 aromatic heterocycles. The molecule has 24 heavy (non-hydrogen) atoms. The Morgan fingerprint density at radius 3 is 2.33 bits per heavy atom. The van der Waals surface area contributed by atoms with Crippen molar-refractivity contribution < 1.29 is 27.9 Å². The maximum Gasteiger partial charge on any atom is 0.394 e. The maximum absolute atomic E-state index is 12.9. The fourth-order valence-electron chi connectivity index (χ4n) is 2.66. The lowest BCUT2D eigenvalue weighted by atomic mass is 9.96. The Kier molecular flexibility index (Phi) is 5.27. The van der Waals surface area contributed by atoms with Crippen molar-refractivity contribution in [2.75, 3.05) is 13.1 Å². The number of hydrogen-bond donors (Lipinski definition) is 2. The number of rotatable bonds is 3. The van der Waals surface area contributed by atoms with Gasteiger partial charge in [0.05, 0.1) is 17.9 Å². The van der Waals surface area contributed by atoms with E-state index in [4.69, 9.17) is 16.7 Å². The van der Waals surface area contributed by atoms with Gasteiger partial charge in [-0.05, 0) is 24.6 Å². The Hall–Kier alpha value is -1.96. The quantitative estimate of drug-likeness (QED) is 0.864. The molecule has 1 aromatic carbocycles. The smallest absolute Gasteiger partial charge is 0.394 e. The fraction of sp³-hybridized carbons (Fsp3) is 0.467. The Labute approximate surface area is 141 Å². The SMILES string of the molecule is C[C@H](NC(=O)N1C[C@@H](C(F)(F)F)[C@H](C(=O)O)C1)c1ccc(Cl)cc1. The molecule has 2 amide bonds. The summed E-state index contributed by atoms with van der Waals surface area (Å²) in [5.41, 5.74) is 0.731. The van der Waals surface area contributed by atoms with Crippen LogP contribution in [0.3, 0.4) is 0 Å². The number of benzene rings is 1. The molecule has 0 bridgehead atoms. The first-order valence-electron chi connectivity index (χ1n) is 7.20. The van der Waals surface area contributed by atoms with E-state index in [1.807, 2.05) is 0 Å². The van der Waals surface area contributed by atoms with Crippen molar-refractivity contribution in [2.45, 2.75) is 19.1 Å². The molecule has 1 aromatic rings. The van der Waals surface area contributed by atoms with Gasteiger partial charge in [-0.15, -0.1) is 0 Å². The van der Waals surface area contributed by atoms with E-state index in [0.29, 0.717) is 5.02 Å². The first kappa shape index (κ1) is 18.4. The summed E-state index contributed by atoms with van der Waals surface area (Å²) in [6, 6.07) is 5.47. The zero-order valence-electron chi connectivity index (χ0n) is 12.7. The average molecular weight is 365 g/mol. The minimum absolute atomic E-state index is 0.456. The molecule has 2 rings (SSSR count). The molecule has 132 valence electrons. The molecule has 1 heterocycles. The van der Waals surface area contributed by atoms with E-state index in [-0.39, 0.29) is 0 Å². The molecule has 1 saturated heterocycles. The highest BCUT2D eigenvalue weighted by atomic mass is 35.5. The highest BCUT2D eigenvalue weighted by Crippen LogP contribution is 2.37. The Morgan fingerprint density at radius 2 is 1.88 bits per heavy atom. The molecular weight excluding hydrogens is 349 g/mol. The van der Waals surface area contributed by atoms with Crippen LogP contribution >= 0.6 is 11.6 Å². The summed E-state index contributed by atoms with van der Waals surface area (Å²) in [4.78, 5) is 24.1. The Morgan fingerprint density at radius 1 is 1.29 bits per heavy atom. The Balaban J connectivity index is 2.05. The van der Waals surface area contributed by atoms with Crippen LogP contribution in [0, 0.1) is 11.8 Å². The summed E-state index contributed by atoms with van der Waals surface area (Å²) in [5, 5.41) is 12.1. The van der Waals surface area contributed by atoms with Crippen LogP contribution in [0.25, 0.3) is 0 Å². The number of amides is 2. The predicted octanol–water partition coefficient (Wildman–Crippen LogP) is 3.31. The number of urea groups is 1. The van der Waals surface area contributed by atoms with Gasteiger partial charge in [0.15, 0.2) is 0 Å². The van der Waals surface area contributed by atoms with Crippen LogP contribution in [0.15, 0.2) is 24.3 Å². The number of halogens is 4. The third-order valence-corrected chi connectivity index (χ3v) is 4.31. The van der Waals surface area contributed by atoms with Crippen molar-refractivity contribution in [3.63, 3.8) is 0 Å². The molecule has 1 aliphatic rings.